The molecule has 1 aliphatic heterocycles. The van der Waals surface area contributed by atoms with Crippen LogP contribution in [0, 0.1) is 11.8 Å². The molecule has 0 aromatic carbocycles. The third-order valence-electron chi connectivity index (χ3n) is 4.89. The Hall–Kier alpha value is -0.810. The lowest BCUT2D eigenvalue weighted by Gasteiger charge is -2.30. The van der Waals surface area contributed by atoms with Crippen LogP contribution in [-0.4, -0.2) is 47.7 Å². The second kappa shape index (κ2) is 7.18. The zero-order valence-corrected chi connectivity index (χ0v) is 14.4. The van der Waals surface area contributed by atoms with E-state index >= 15 is 0 Å². The average molecular weight is 313 g/mol. The second-order valence-corrected chi connectivity index (χ2v) is 7.72. The van der Waals surface area contributed by atoms with Gasteiger partial charge in [-0.1, -0.05) is 32.1 Å². The molecule has 1 saturated heterocycles. The maximum Gasteiger partial charge on any atom is 0.410 e. The summed E-state index contributed by atoms with van der Waals surface area (Å²) < 4.78 is 10.6. The Morgan fingerprint density at radius 1 is 1.18 bits per heavy atom. The van der Waals surface area contributed by atoms with Crippen molar-refractivity contribution in [3.8, 4) is 0 Å². The van der Waals surface area contributed by atoms with Crippen molar-refractivity contribution in [3.05, 3.63) is 0 Å². The molecule has 1 aliphatic carbocycles. The van der Waals surface area contributed by atoms with Gasteiger partial charge in [0.05, 0.1) is 6.04 Å². The summed E-state index contributed by atoms with van der Waals surface area (Å²) in [6, 6.07) is -0.299. The number of hydrogen-bond donors (Lipinski definition) is 1. The fourth-order valence-electron chi connectivity index (χ4n) is 3.81. The molecule has 1 saturated carbocycles. The predicted molar refractivity (Wildman–Crippen MR) is 84.4 cm³/mol. The first kappa shape index (κ1) is 17.5. The highest BCUT2D eigenvalue weighted by molar-refractivity contribution is 5.69. The number of aliphatic hydroxyl groups excluding tert-OH is 1. The normalized spacial score (nSPS) is 28.7. The van der Waals surface area contributed by atoms with Crippen LogP contribution >= 0.6 is 0 Å². The lowest BCUT2D eigenvalue weighted by molar-refractivity contribution is -0.116. The second-order valence-electron chi connectivity index (χ2n) is 7.72. The van der Waals surface area contributed by atoms with Gasteiger partial charge in [-0.05, 0) is 39.0 Å². The molecule has 0 radical (unpaired) electrons. The van der Waals surface area contributed by atoms with Gasteiger partial charge in [0.1, 0.15) is 5.60 Å². The van der Waals surface area contributed by atoms with E-state index in [0.29, 0.717) is 18.4 Å². The van der Waals surface area contributed by atoms with E-state index < -0.39 is 11.9 Å². The number of nitrogens with zero attached hydrogens (tertiary/aromatic N) is 1. The maximum atomic E-state index is 12.5. The molecule has 0 aromatic heterocycles. The lowest BCUT2D eigenvalue weighted by atomic mass is 9.79. The van der Waals surface area contributed by atoms with Crippen LogP contribution in [0.5, 0.6) is 0 Å². The summed E-state index contributed by atoms with van der Waals surface area (Å²) >= 11 is 0. The van der Waals surface area contributed by atoms with E-state index in [4.69, 9.17) is 9.47 Å². The molecule has 1 heterocycles. The molecular formula is C17H31NO4. The Morgan fingerprint density at radius 3 is 2.36 bits per heavy atom. The zero-order valence-electron chi connectivity index (χ0n) is 14.4. The van der Waals surface area contributed by atoms with Crippen molar-refractivity contribution in [2.75, 3.05) is 13.7 Å². The van der Waals surface area contributed by atoms with Crippen molar-refractivity contribution >= 4 is 6.09 Å². The molecule has 0 spiro atoms. The van der Waals surface area contributed by atoms with Crippen molar-refractivity contribution < 1.29 is 19.4 Å². The minimum Gasteiger partial charge on any atom is -0.444 e. The van der Waals surface area contributed by atoms with Gasteiger partial charge >= 0.3 is 6.09 Å². The van der Waals surface area contributed by atoms with Crippen LogP contribution in [0.1, 0.15) is 59.3 Å². The number of rotatable bonds is 3. The van der Waals surface area contributed by atoms with Gasteiger partial charge in [0.2, 0.25) is 0 Å². The first-order valence-corrected chi connectivity index (χ1v) is 8.52. The third kappa shape index (κ3) is 4.35. The summed E-state index contributed by atoms with van der Waals surface area (Å²) in [6.07, 6.45) is 5.89. The smallest absolute Gasteiger partial charge is 0.410 e. The molecule has 22 heavy (non-hydrogen) atoms. The third-order valence-corrected chi connectivity index (χ3v) is 4.89. The predicted octanol–water partition coefficient (Wildman–Crippen LogP) is 3.16. The number of methoxy groups -OCH3 is 1. The average Bonchev–Trinajstić information content (AvgIpc) is 2.91. The molecule has 3 atom stereocenters. The summed E-state index contributed by atoms with van der Waals surface area (Å²) in [5.74, 6) is 1.11. The van der Waals surface area contributed by atoms with Crippen LogP contribution < -0.4 is 0 Å². The topological polar surface area (TPSA) is 59.0 Å². The SMILES string of the molecule is COC(O)[C@@H]1C[C@H](C2CCCCC2)CN1C(=O)OC(C)(C)C. The van der Waals surface area contributed by atoms with E-state index in [2.05, 4.69) is 0 Å². The van der Waals surface area contributed by atoms with E-state index in [-0.39, 0.29) is 12.1 Å². The van der Waals surface area contributed by atoms with Crippen LogP contribution in [0.4, 0.5) is 4.79 Å². The Balaban J connectivity index is 2.06. The fraction of sp³-hybridized carbons (Fsp3) is 0.941. The van der Waals surface area contributed by atoms with Gasteiger partial charge < -0.3 is 14.6 Å². The Morgan fingerprint density at radius 2 is 1.82 bits per heavy atom. The van der Waals surface area contributed by atoms with E-state index in [1.807, 2.05) is 20.8 Å². The van der Waals surface area contributed by atoms with Crippen molar-refractivity contribution in [1.29, 1.82) is 0 Å². The number of aliphatic hydroxyl groups is 1. The molecular weight excluding hydrogens is 282 g/mol. The first-order chi connectivity index (χ1) is 10.3. The van der Waals surface area contributed by atoms with Crippen molar-refractivity contribution in [3.63, 3.8) is 0 Å². The Labute approximate surface area is 134 Å². The number of carbonyl (C=O) groups is 1. The van der Waals surface area contributed by atoms with Crippen molar-refractivity contribution in [2.24, 2.45) is 11.8 Å². The zero-order chi connectivity index (χ0) is 16.3. The molecule has 5 nitrogen and oxygen atoms in total. The standard InChI is InChI=1S/C17H31NO4/c1-17(2,3)22-16(20)18-11-13(10-14(18)15(19)21-4)12-8-6-5-7-9-12/h12-15,19H,5-11H2,1-4H3/t13-,14-,15?/m0/s1. The van der Waals surface area contributed by atoms with Gasteiger partial charge in [0.25, 0.3) is 0 Å². The number of hydrogen-bond acceptors (Lipinski definition) is 4. The van der Waals surface area contributed by atoms with Crippen LogP contribution in [-0.2, 0) is 9.47 Å². The molecule has 5 heteroatoms. The summed E-state index contributed by atoms with van der Waals surface area (Å²) in [7, 11) is 1.48. The van der Waals surface area contributed by atoms with Gasteiger partial charge in [-0.15, -0.1) is 0 Å². The summed E-state index contributed by atoms with van der Waals surface area (Å²) in [5, 5.41) is 10.1. The fourth-order valence-corrected chi connectivity index (χ4v) is 3.81. The van der Waals surface area contributed by atoms with Crippen LogP contribution in [0.3, 0.4) is 0 Å². The van der Waals surface area contributed by atoms with Gasteiger partial charge in [-0.2, -0.15) is 0 Å². The quantitative estimate of drug-likeness (QED) is 0.813. The minimum absolute atomic E-state index is 0.299. The lowest BCUT2D eigenvalue weighted by Crippen LogP contribution is -2.45. The summed E-state index contributed by atoms with van der Waals surface area (Å²) in [4.78, 5) is 14.1. The number of ether oxygens (including phenoxy) is 2. The summed E-state index contributed by atoms with van der Waals surface area (Å²) in [6.45, 7) is 6.26. The van der Waals surface area contributed by atoms with Crippen LogP contribution in [0.15, 0.2) is 0 Å². The molecule has 2 aliphatic rings. The van der Waals surface area contributed by atoms with Crippen LogP contribution in [0.2, 0.25) is 0 Å². The molecule has 128 valence electrons. The van der Waals surface area contributed by atoms with Gasteiger partial charge in [0, 0.05) is 13.7 Å². The Bertz CT molecular complexity index is 373. The maximum absolute atomic E-state index is 12.5. The van der Waals surface area contributed by atoms with Gasteiger partial charge in [-0.25, -0.2) is 4.79 Å². The Kier molecular flexibility index (Phi) is 5.72. The van der Waals surface area contributed by atoms with Crippen molar-refractivity contribution in [2.45, 2.75) is 77.2 Å². The van der Waals surface area contributed by atoms with E-state index in [1.165, 1.54) is 39.2 Å². The number of carbonyl (C=O) groups excluding carboxylic acids is 1. The van der Waals surface area contributed by atoms with E-state index in [1.54, 1.807) is 4.90 Å². The van der Waals surface area contributed by atoms with Crippen LogP contribution in [0.25, 0.3) is 0 Å². The van der Waals surface area contributed by atoms with Gasteiger partial charge in [0.15, 0.2) is 6.29 Å². The van der Waals surface area contributed by atoms with Crippen molar-refractivity contribution in [1.82, 2.24) is 4.90 Å². The molecule has 1 unspecified atom stereocenters. The van der Waals surface area contributed by atoms with Gasteiger partial charge in [-0.3, -0.25) is 4.90 Å². The first-order valence-electron chi connectivity index (χ1n) is 8.52. The molecule has 0 bridgehead atoms. The van der Waals surface area contributed by atoms with E-state index in [0.717, 1.165) is 6.42 Å². The highest BCUT2D eigenvalue weighted by Crippen LogP contribution is 2.38. The monoisotopic (exact) mass is 313 g/mol. The molecule has 2 rings (SSSR count). The number of likely N-dealkylation sites (tertiary alicyclic amines) is 1. The largest absolute Gasteiger partial charge is 0.444 e. The molecule has 1 amide bonds. The minimum atomic E-state index is -0.943. The molecule has 1 N–H and O–H groups in total. The highest BCUT2D eigenvalue weighted by atomic mass is 16.6. The summed E-state index contributed by atoms with van der Waals surface area (Å²) in [5.41, 5.74) is -0.525. The highest BCUT2D eigenvalue weighted by Gasteiger charge is 2.43. The van der Waals surface area contributed by atoms with E-state index in [9.17, 15) is 9.90 Å². The molecule has 2 fully saturated rings. The molecule has 0 aromatic rings. The number of amides is 1.